The smallest absolute Gasteiger partial charge is 0.396 e. The van der Waals surface area contributed by atoms with Crippen molar-refractivity contribution in [2.24, 2.45) is 0 Å². The summed E-state index contributed by atoms with van der Waals surface area (Å²) in [4.78, 5) is 0. The molecule has 0 aromatic carbocycles. The molecule has 0 unspecified atom stereocenters. The third kappa shape index (κ3) is 2.78. The third-order valence-corrected chi connectivity index (χ3v) is 2.16. The van der Waals surface area contributed by atoms with Gasteiger partial charge in [0.15, 0.2) is 0 Å². The Morgan fingerprint density at radius 1 is 0.765 bits per heavy atom. The Hall–Kier alpha value is -1.08. The van der Waals surface area contributed by atoms with Gasteiger partial charge in [-0.15, -0.1) is 0 Å². The second kappa shape index (κ2) is 7.29. The summed E-state index contributed by atoms with van der Waals surface area (Å²) in [6.45, 7) is -0.247. The van der Waals surface area contributed by atoms with Gasteiger partial charge in [-0.3, -0.25) is 0 Å². The van der Waals surface area contributed by atoms with E-state index in [1.807, 2.05) is 0 Å². The van der Waals surface area contributed by atoms with E-state index in [0.29, 0.717) is 0 Å². The first-order valence-electron chi connectivity index (χ1n) is 4.31. The van der Waals surface area contributed by atoms with Crippen LogP contribution in [0.1, 0.15) is 6.42 Å². The van der Waals surface area contributed by atoms with Gasteiger partial charge in [-0.05, 0) is 6.42 Å². The summed E-state index contributed by atoms with van der Waals surface area (Å²) >= 11 is 0. The van der Waals surface area contributed by atoms with Gasteiger partial charge in [-0.1, -0.05) is 0 Å². The van der Waals surface area contributed by atoms with E-state index in [2.05, 4.69) is 0 Å². The van der Waals surface area contributed by atoms with Crippen LogP contribution in [-0.2, 0) is 0 Å². The summed E-state index contributed by atoms with van der Waals surface area (Å²) < 4.78 is 0. The summed E-state index contributed by atoms with van der Waals surface area (Å²) in [5, 5.41) is 44.3. The van der Waals surface area contributed by atoms with E-state index >= 15 is 0 Å². The predicted molar refractivity (Wildman–Crippen MR) is 50.4 cm³/mol. The molecule has 1 N–H and O–H groups in total. The van der Waals surface area contributed by atoms with Crippen molar-refractivity contribution in [1.82, 2.24) is 0 Å². The van der Waals surface area contributed by atoms with Gasteiger partial charge >= 0.3 is 29.6 Å². The predicted octanol–water partition coefficient (Wildman–Crippen LogP) is -2.65. The van der Waals surface area contributed by atoms with Crippen molar-refractivity contribution in [3.63, 3.8) is 0 Å². The quantitative estimate of drug-likeness (QED) is 0.522. The van der Waals surface area contributed by atoms with Crippen LogP contribution in [0.4, 0.5) is 0 Å². The van der Waals surface area contributed by atoms with Crippen molar-refractivity contribution < 1.29 is 34.7 Å². The maximum absolute atomic E-state index is 8.88. The summed E-state index contributed by atoms with van der Waals surface area (Å²) in [6, 6.07) is 7.07. The Balaban J connectivity index is 0.00000256. The monoisotopic (exact) mass is 232 g/mol. The Bertz CT molecular complexity index is 387. The molecule has 6 heteroatoms. The molecule has 1 rings (SSSR count). The summed E-state index contributed by atoms with van der Waals surface area (Å²) in [6.07, 6.45) is 0.0855. The van der Waals surface area contributed by atoms with E-state index in [-0.39, 0.29) is 72.2 Å². The molecule has 75 valence electrons. The SMILES string of the molecule is N#C[C]1[C](C#N)[C](C#N)[C](CCO)[C]1C#N.[Na+]. The second-order valence-corrected chi connectivity index (χ2v) is 2.90. The molecular formula is C11H5N4NaO+. The zero-order chi connectivity index (χ0) is 12.1. The Labute approximate surface area is 122 Å². The number of hydrogen-bond donors (Lipinski definition) is 1. The van der Waals surface area contributed by atoms with Gasteiger partial charge < -0.3 is 5.11 Å². The molecule has 0 aromatic rings. The average Bonchev–Trinajstić information content (AvgIpc) is 2.61. The van der Waals surface area contributed by atoms with Crippen LogP contribution in [0.2, 0.25) is 0 Å². The van der Waals surface area contributed by atoms with Gasteiger partial charge in [0.25, 0.3) is 0 Å². The summed E-state index contributed by atoms with van der Waals surface area (Å²) in [5.74, 6) is 0.157. The average molecular weight is 232 g/mol. The molecule has 0 aromatic heterocycles. The fourth-order valence-corrected chi connectivity index (χ4v) is 1.51. The molecule has 0 spiro atoms. The minimum Gasteiger partial charge on any atom is -0.396 e. The zero-order valence-electron chi connectivity index (χ0n) is 9.15. The molecule has 1 fully saturated rings. The van der Waals surface area contributed by atoms with Gasteiger partial charge in [0.2, 0.25) is 0 Å². The van der Waals surface area contributed by atoms with E-state index in [1.165, 1.54) is 0 Å². The van der Waals surface area contributed by atoms with Crippen molar-refractivity contribution in [3.05, 3.63) is 29.6 Å². The Kier molecular flexibility index (Phi) is 6.82. The summed E-state index contributed by atoms with van der Waals surface area (Å²) in [7, 11) is 0. The number of nitriles is 4. The van der Waals surface area contributed by atoms with Gasteiger partial charge in [-0.25, -0.2) is 0 Å². The number of aliphatic hydroxyl groups is 1. The molecule has 17 heavy (non-hydrogen) atoms. The summed E-state index contributed by atoms with van der Waals surface area (Å²) in [5.41, 5.74) is 0. The maximum atomic E-state index is 8.88. The molecule has 5 nitrogen and oxygen atoms in total. The minimum atomic E-state index is -0.247. The van der Waals surface area contributed by atoms with Crippen molar-refractivity contribution in [2.75, 3.05) is 6.61 Å². The fraction of sp³-hybridized carbons (Fsp3) is 0.182. The molecule has 1 aliphatic carbocycles. The first-order chi connectivity index (χ1) is 7.74. The van der Waals surface area contributed by atoms with Crippen LogP contribution < -0.4 is 29.6 Å². The van der Waals surface area contributed by atoms with E-state index in [1.54, 1.807) is 24.3 Å². The van der Waals surface area contributed by atoms with Crippen LogP contribution in [0.15, 0.2) is 0 Å². The molecule has 0 aliphatic heterocycles. The molecule has 5 radical (unpaired) electrons. The van der Waals surface area contributed by atoms with Crippen molar-refractivity contribution >= 4 is 0 Å². The first-order valence-corrected chi connectivity index (χ1v) is 4.31. The number of hydrogen-bond acceptors (Lipinski definition) is 5. The van der Waals surface area contributed by atoms with Gasteiger partial charge in [-0.2, -0.15) is 21.0 Å². The van der Waals surface area contributed by atoms with Crippen LogP contribution in [0.25, 0.3) is 0 Å². The zero-order valence-corrected chi connectivity index (χ0v) is 11.2. The Morgan fingerprint density at radius 3 is 1.35 bits per heavy atom. The largest absolute Gasteiger partial charge is 1.00 e. The van der Waals surface area contributed by atoms with Crippen molar-refractivity contribution in [1.29, 1.82) is 21.0 Å². The van der Waals surface area contributed by atoms with Gasteiger partial charge in [0, 0.05) is 12.5 Å². The van der Waals surface area contributed by atoms with Gasteiger partial charge in [0.1, 0.15) is 23.7 Å². The van der Waals surface area contributed by atoms with Crippen LogP contribution in [0.5, 0.6) is 0 Å². The molecule has 0 bridgehead atoms. The van der Waals surface area contributed by atoms with Crippen LogP contribution in [-0.4, -0.2) is 11.7 Å². The van der Waals surface area contributed by atoms with Gasteiger partial charge in [0.05, 0.1) is 24.3 Å². The van der Waals surface area contributed by atoms with Crippen LogP contribution in [0, 0.1) is 74.9 Å². The van der Waals surface area contributed by atoms with Crippen LogP contribution in [0.3, 0.4) is 0 Å². The number of rotatable bonds is 2. The number of aliphatic hydroxyl groups excluding tert-OH is 1. The molecule has 1 saturated carbocycles. The Morgan fingerprint density at radius 2 is 1.12 bits per heavy atom. The maximum Gasteiger partial charge on any atom is 1.00 e. The molecule has 0 atom stereocenters. The standard InChI is InChI=1S/C11H5N4O.Na/c12-3-8-7(1-2-16)9(4-13)11(6-15)10(8)5-14;/h16H,1-2H2;/q;+1. The second-order valence-electron chi connectivity index (χ2n) is 2.90. The molecular weight excluding hydrogens is 227 g/mol. The fourth-order valence-electron chi connectivity index (χ4n) is 1.51. The van der Waals surface area contributed by atoms with Crippen molar-refractivity contribution in [3.8, 4) is 24.3 Å². The van der Waals surface area contributed by atoms with Crippen LogP contribution >= 0.6 is 0 Å². The third-order valence-electron chi connectivity index (χ3n) is 2.16. The van der Waals surface area contributed by atoms with E-state index in [4.69, 9.17) is 26.2 Å². The molecule has 1 aliphatic rings. The molecule has 0 amide bonds. The van der Waals surface area contributed by atoms with E-state index in [9.17, 15) is 0 Å². The minimum absolute atomic E-state index is 0. The normalized spacial score (nSPS) is 18.6. The van der Waals surface area contributed by atoms with Crippen molar-refractivity contribution in [2.45, 2.75) is 6.42 Å². The first kappa shape index (κ1) is 15.9. The van der Waals surface area contributed by atoms with E-state index < -0.39 is 0 Å². The molecule has 0 saturated heterocycles. The molecule has 0 heterocycles. The topological polar surface area (TPSA) is 115 Å². The number of nitrogens with zero attached hydrogens (tertiary/aromatic N) is 4. The van der Waals surface area contributed by atoms with E-state index in [0.717, 1.165) is 0 Å².